The summed E-state index contributed by atoms with van der Waals surface area (Å²) in [5.74, 6) is 0.0264. The molecule has 2 saturated heterocycles. The van der Waals surface area contributed by atoms with Gasteiger partial charge < -0.3 is 9.47 Å². The van der Waals surface area contributed by atoms with Crippen molar-refractivity contribution in [2.75, 3.05) is 6.26 Å². The Kier molecular flexibility index (Phi) is 3.95. The number of carbonyl (C=O) groups excluding carboxylic acids is 1. The van der Waals surface area contributed by atoms with Crippen LogP contribution in [0.3, 0.4) is 0 Å². The van der Waals surface area contributed by atoms with E-state index in [-0.39, 0.29) is 23.2 Å². The van der Waals surface area contributed by atoms with Gasteiger partial charge >= 0.3 is 0 Å². The maximum absolute atomic E-state index is 13.0. The maximum atomic E-state index is 13.0. The molecule has 4 rings (SSSR count). The summed E-state index contributed by atoms with van der Waals surface area (Å²) >= 11 is 0. The van der Waals surface area contributed by atoms with Gasteiger partial charge in [0.25, 0.3) is 5.91 Å². The molecule has 2 unspecified atom stereocenters. The lowest BCUT2D eigenvalue weighted by atomic mass is 10.0. The van der Waals surface area contributed by atoms with Crippen molar-refractivity contribution in [3.63, 3.8) is 0 Å². The lowest BCUT2D eigenvalue weighted by Crippen LogP contribution is -2.49. The van der Waals surface area contributed by atoms with Crippen LogP contribution in [0.4, 0.5) is 0 Å². The average molecular weight is 358 g/mol. The van der Waals surface area contributed by atoms with Gasteiger partial charge in [0.1, 0.15) is 9.84 Å². The van der Waals surface area contributed by atoms with E-state index in [0.717, 1.165) is 18.5 Å². The number of amides is 1. The van der Waals surface area contributed by atoms with Crippen LogP contribution in [0.25, 0.3) is 5.69 Å². The fourth-order valence-corrected chi connectivity index (χ4v) is 5.38. The normalized spacial score (nSPS) is 26.0. The van der Waals surface area contributed by atoms with Gasteiger partial charge in [0.05, 0.1) is 5.25 Å². The monoisotopic (exact) mass is 358 g/mol. The fraction of sp³-hybridized carbons (Fsp3) is 0.421. The Morgan fingerprint density at radius 1 is 1.00 bits per heavy atom. The van der Waals surface area contributed by atoms with Crippen molar-refractivity contribution in [3.8, 4) is 5.69 Å². The second kappa shape index (κ2) is 6.02. The fourth-order valence-electron chi connectivity index (χ4n) is 4.24. The Bertz CT molecular complexity index is 858. The van der Waals surface area contributed by atoms with Crippen LogP contribution in [0.2, 0.25) is 0 Å². The first kappa shape index (κ1) is 16.4. The molecule has 1 amide bonds. The van der Waals surface area contributed by atoms with E-state index >= 15 is 0 Å². The van der Waals surface area contributed by atoms with Crippen LogP contribution in [0.1, 0.15) is 36.0 Å². The summed E-state index contributed by atoms with van der Waals surface area (Å²) in [5, 5.41) is -0.301. The van der Waals surface area contributed by atoms with Gasteiger partial charge in [-0.05, 0) is 62.1 Å². The van der Waals surface area contributed by atoms with E-state index in [4.69, 9.17) is 0 Å². The summed E-state index contributed by atoms with van der Waals surface area (Å²) < 4.78 is 25.8. The Labute approximate surface area is 148 Å². The van der Waals surface area contributed by atoms with Crippen LogP contribution < -0.4 is 0 Å². The summed E-state index contributed by atoms with van der Waals surface area (Å²) in [6, 6.07) is 11.6. The van der Waals surface area contributed by atoms with Crippen molar-refractivity contribution >= 4 is 15.7 Å². The van der Waals surface area contributed by atoms with Crippen LogP contribution in [0.5, 0.6) is 0 Å². The lowest BCUT2D eigenvalue weighted by Gasteiger charge is -2.38. The standard InChI is InChI=1S/C19H22N2O3S/c1-25(23,24)18-12-16-8-9-17(13-18)21(16)19(22)14-4-6-15(7-5-14)20-10-2-3-11-20/h2-7,10-11,16-18H,8-9,12-13H2,1H3. The number of carbonyl (C=O) groups is 1. The van der Waals surface area contributed by atoms with Gasteiger partial charge in [0, 0.05) is 42.0 Å². The van der Waals surface area contributed by atoms with Crippen LogP contribution in [0, 0.1) is 0 Å². The second-order valence-corrected chi connectivity index (χ2v) is 9.48. The van der Waals surface area contributed by atoms with Crippen molar-refractivity contribution in [1.29, 1.82) is 0 Å². The molecule has 2 atom stereocenters. The second-order valence-electron chi connectivity index (χ2n) is 7.16. The third-order valence-electron chi connectivity index (χ3n) is 5.55. The highest BCUT2D eigenvalue weighted by atomic mass is 32.2. The minimum absolute atomic E-state index is 0.0264. The number of nitrogens with zero attached hydrogens (tertiary/aromatic N) is 2. The summed E-state index contributed by atoms with van der Waals surface area (Å²) in [4.78, 5) is 14.9. The number of hydrogen-bond acceptors (Lipinski definition) is 3. The number of hydrogen-bond donors (Lipinski definition) is 0. The molecule has 0 N–H and O–H groups in total. The van der Waals surface area contributed by atoms with Gasteiger partial charge in [-0.1, -0.05) is 0 Å². The highest BCUT2D eigenvalue weighted by Crippen LogP contribution is 2.39. The molecule has 5 nitrogen and oxygen atoms in total. The van der Waals surface area contributed by atoms with Crippen molar-refractivity contribution in [2.45, 2.75) is 43.0 Å². The SMILES string of the molecule is CS(=O)(=O)C1CC2CCC(C1)N2C(=O)c1ccc(-n2cccc2)cc1. The van der Waals surface area contributed by atoms with E-state index in [0.29, 0.717) is 18.4 Å². The third-order valence-corrected chi connectivity index (χ3v) is 7.14. The molecule has 0 radical (unpaired) electrons. The number of fused-ring (bicyclic) bond motifs is 2. The Balaban J connectivity index is 1.54. The van der Waals surface area contributed by atoms with Crippen molar-refractivity contribution in [2.24, 2.45) is 0 Å². The molecular formula is C19H22N2O3S. The molecular weight excluding hydrogens is 336 g/mol. The quantitative estimate of drug-likeness (QED) is 0.847. The van der Waals surface area contributed by atoms with Crippen LogP contribution in [0.15, 0.2) is 48.8 Å². The number of rotatable bonds is 3. The van der Waals surface area contributed by atoms with Gasteiger partial charge in [-0.3, -0.25) is 4.79 Å². The average Bonchev–Trinajstić information content (AvgIpc) is 3.20. The molecule has 0 spiro atoms. The predicted molar refractivity (Wildman–Crippen MR) is 96.6 cm³/mol. The first-order chi connectivity index (χ1) is 11.9. The van der Waals surface area contributed by atoms with Crippen LogP contribution in [-0.2, 0) is 9.84 Å². The van der Waals surface area contributed by atoms with Crippen molar-refractivity contribution in [3.05, 3.63) is 54.4 Å². The Morgan fingerprint density at radius 2 is 1.56 bits per heavy atom. The summed E-state index contributed by atoms with van der Waals surface area (Å²) in [6.45, 7) is 0. The molecule has 3 heterocycles. The first-order valence-corrected chi connectivity index (χ1v) is 10.6. The zero-order valence-corrected chi connectivity index (χ0v) is 15.0. The Morgan fingerprint density at radius 3 is 2.08 bits per heavy atom. The van der Waals surface area contributed by atoms with E-state index in [9.17, 15) is 13.2 Å². The molecule has 1 aromatic carbocycles. The molecule has 2 fully saturated rings. The number of aromatic nitrogens is 1. The van der Waals surface area contributed by atoms with E-state index in [1.165, 1.54) is 6.26 Å². The van der Waals surface area contributed by atoms with Gasteiger partial charge in [-0.2, -0.15) is 0 Å². The molecule has 2 aliphatic rings. The predicted octanol–water partition coefficient (Wildman–Crippen LogP) is 2.66. The van der Waals surface area contributed by atoms with Crippen LogP contribution >= 0.6 is 0 Å². The molecule has 132 valence electrons. The van der Waals surface area contributed by atoms with E-state index in [1.807, 2.05) is 58.3 Å². The molecule has 1 aromatic heterocycles. The number of sulfone groups is 1. The molecule has 0 aliphatic carbocycles. The van der Waals surface area contributed by atoms with Gasteiger partial charge in [-0.15, -0.1) is 0 Å². The lowest BCUT2D eigenvalue weighted by molar-refractivity contribution is 0.0598. The zero-order valence-electron chi connectivity index (χ0n) is 14.2. The van der Waals surface area contributed by atoms with E-state index < -0.39 is 9.84 Å². The molecule has 6 heteroatoms. The first-order valence-electron chi connectivity index (χ1n) is 8.68. The third kappa shape index (κ3) is 2.99. The number of benzene rings is 1. The van der Waals surface area contributed by atoms with E-state index in [2.05, 4.69) is 0 Å². The van der Waals surface area contributed by atoms with Gasteiger partial charge in [0.15, 0.2) is 0 Å². The summed E-state index contributed by atoms with van der Waals surface area (Å²) in [7, 11) is -3.04. The minimum Gasteiger partial charge on any atom is -0.333 e. The van der Waals surface area contributed by atoms with Gasteiger partial charge in [0.2, 0.25) is 0 Å². The summed E-state index contributed by atoms with van der Waals surface area (Å²) in [5.41, 5.74) is 1.69. The number of piperidine rings is 1. The largest absolute Gasteiger partial charge is 0.333 e. The van der Waals surface area contributed by atoms with E-state index in [1.54, 1.807) is 0 Å². The highest BCUT2D eigenvalue weighted by molar-refractivity contribution is 7.91. The topological polar surface area (TPSA) is 59.4 Å². The van der Waals surface area contributed by atoms with Crippen molar-refractivity contribution in [1.82, 2.24) is 9.47 Å². The molecule has 2 bridgehead atoms. The Hall–Kier alpha value is -2.08. The van der Waals surface area contributed by atoms with Crippen LogP contribution in [-0.4, -0.2) is 47.4 Å². The van der Waals surface area contributed by atoms with Gasteiger partial charge in [-0.25, -0.2) is 8.42 Å². The molecule has 2 aliphatic heterocycles. The molecule has 0 saturated carbocycles. The van der Waals surface area contributed by atoms with Crippen molar-refractivity contribution < 1.29 is 13.2 Å². The molecule has 2 aromatic rings. The minimum atomic E-state index is -3.04. The summed E-state index contributed by atoms with van der Waals surface area (Å²) in [6.07, 6.45) is 8.20. The zero-order chi connectivity index (χ0) is 17.6. The maximum Gasteiger partial charge on any atom is 0.254 e. The highest BCUT2D eigenvalue weighted by Gasteiger charge is 2.45. The smallest absolute Gasteiger partial charge is 0.254 e. The molecule has 25 heavy (non-hydrogen) atoms.